The summed E-state index contributed by atoms with van der Waals surface area (Å²) in [7, 11) is 1.72. The summed E-state index contributed by atoms with van der Waals surface area (Å²) in [5.74, 6) is 0. The third-order valence-electron chi connectivity index (χ3n) is 8.35. The Morgan fingerprint density at radius 3 is 2.05 bits per heavy atom. The van der Waals surface area contributed by atoms with E-state index in [9.17, 15) is 5.11 Å². The molecule has 6 heteroatoms. The average molecular weight is 569 g/mol. The normalized spacial score (nSPS) is 12.5. The van der Waals surface area contributed by atoms with E-state index in [4.69, 9.17) is 9.07 Å². The third-order valence-corrected chi connectivity index (χ3v) is 9.51. The molecule has 2 aromatic heterocycles. The van der Waals surface area contributed by atoms with Gasteiger partial charge in [-0.3, -0.25) is 0 Å². The number of para-hydroxylation sites is 1. The van der Waals surface area contributed by atoms with E-state index in [0.29, 0.717) is 0 Å². The van der Waals surface area contributed by atoms with Crippen LogP contribution in [-0.2, 0) is 4.65 Å². The number of hydrogen-bond donors (Lipinski definition) is 1. The molecular formula is C36H31BNO3S. The van der Waals surface area contributed by atoms with Crippen LogP contribution < -0.4 is 10.4 Å². The molecule has 0 aliphatic heterocycles. The predicted octanol–water partition coefficient (Wildman–Crippen LogP) is 9.23. The molecule has 0 saturated carbocycles. The maximum Gasteiger partial charge on any atom is 0.330 e. The number of anilines is 3. The summed E-state index contributed by atoms with van der Waals surface area (Å²) in [6.07, 6.45) is 0. The standard InChI is InChI=1S/C36H31BNO3S/c1-35(2,39)36(3,4)41-37-23-13-15-24(16-14-23)38(25-18-20-34-30(21-25)29-10-6-8-12-33(29)42-34)26-17-19-28-27-9-5-7-11-31(27)40-32(28)22-26/h5-22,39H,1-4H3. The molecule has 0 saturated heterocycles. The van der Waals surface area contributed by atoms with Gasteiger partial charge >= 0.3 is 7.48 Å². The monoisotopic (exact) mass is 568 g/mol. The highest BCUT2D eigenvalue weighted by molar-refractivity contribution is 7.25. The Hall–Kier alpha value is -4.10. The molecule has 4 nitrogen and oxygen atoms in total. The summed E-state index contributed by atoms with van der Waals surface area (Å²) in [5.41, 5.74) is 4.03. The fraction of sp³-hybridized carbons (Fsp3) is 0.167. The highest BCUT2D eigenvalue weighted by Gasteiger charge is 2.35. The van der Waals surface area contributed by atoms with Gasteiger partial charge in [0, 0.05) is 54.1 Å². The number of thiophene rings is 1. The summed E-state index contributed by atoms with van der Waals surface area (Å²) in [4.78, 5) is 2.27. The van der Waals surface area contributed by atoms with Crippen molar-refractivity contribution in [2.75, 3.05) is 4.90 Å². The molecule has 0 fully saturated rings. The molecular weight excluding hydrogens is 537 g/mol. The number of furan rings is 1. The summed E-state index contributed by atoms with van der Waals surface area (Å²) < 4.78 is 14.8. The third kappa shape index (κ3) is 4.66. The van der Waals surface area contributed by atoms with E-state index in [1.165, 1.54) is 20.2 Å². The minimum absolute atomic E-state index is 0.738. The minimum atomic E-state index is -0.986. The molecule has 1 radical (unpaired) electrons. The molecule has 0 spiro atoms. The van der Waals surface area contributed by atoms with Crippen molar-refractivity contribution in [3.63, 3.8) is 0 Å². The van der Waals surface area contributed by atoms with E-state index < -0.39 is 11.2 Å². The Morgan fingerprint density at radius 1 is 0.643 bits per heavy atom. The Balaban J connectivity index is 1.32. The van der Waals surface area contributed by atoms with Crippen molar-refractivity contribution in [1.29, 1.82) is 0 Å². The number of rotatable bonds is 7. The molecule has 0 atom stereocenters. The zero-order valence-corrected chi connectivity index (χ0v) is 24.9. The molecule has 0 amide bonds. The molecule has 0 aliphatic rings. The van der Waals surface area contributed by atoms with Crippen LogP contribution in [0.1, 0.15) is 27.7 Å². The van der Waals surface area contributed by atoms with Crippen molar-refractivity contribution >= 4 is 83.5 Å². The van der Waals surface area contributed by atoms with Crippen LogP contribution in [0.2, 0.25) is 0 Å². The second-order valence-electron chi connectivity index (χ2n) is 11.8. The first-order valence-corrected chi connectivity index (χ1v) is 15.0. The highest BCUT2D eigenvalue weighted by atomic mass is 32.1. The second-order valence-corrected chi connectivity index (χ2v) is 12.9. The van der Waals surface area contributed by atoms with Crippen LogP contribution >= 0.6 is 11.3 Å². The van der Waals surface area contributed by atoms with Gasteiger partial charge in [-0.25, -0.2) is 0 Å². The molecule has 2 heterocycles. The number of fused-ring (bicyclic) bond motifs is 6. The molecule has 42 heavy (non-hydrogen) atoms. The van der Waals surface area contributed by atoms with E-state index >= 15 is 0 Å². The van der Waals surface area contributed by atoms with Crippen LogP contribution in [0.5, 0.6) is 0 Å². The van der Waals surface area contributed by atoms with Crippen LogP contribution in [0.3, 0.4) is 0 Å². The van der Waals surface area contributed by atoms with Gasteiger partial charge in [0.05, 0.1) is 11.2 Å². The Kier molecular flexibility index (Phi) is 6.39. The lowest BCUT2D eigenvalue weighted by atomic mass is 9.82. The molecule has 5 aromatic carbocycles. The van der Waals surface area contributed by atoms with E-state index in [2.05, 4.69) is 83.8 Å². The summed E-state index contributed by atoms with van der Waals surface area (Å²) in [5, 5.41) is 15.2. The number of nitrogens with zero attached hydrogens (tertiary/aromatic N) is 1. The highest BCUT2D eigenvalue weighted by Crippen LogP contribution is 2.42. The predicted molar refractivity (Wildman–Crippen MR) is 178 cm³/mol. The zero-order chi connectivity index (χ0) is 29.1. The minimum Gasteiger partial charge on any atom is -0.456 e. The lowest BCUT2D eigenvalue weighted by molar-refractivity contribution is -0.0893. The van der Waals surface area contributed by atoms with Crippen LogP contribution in [0.15, 0.2) is 114 Å². The van der Waals surface area contributed by atoms with Crippen molar-refractivity contribution in [3.05, 3.63) is 109 Å². The first-order chi connectivity index (χ1) is 20.2. The van der Waals surface area contributed by atoms with Crippen LogP contribution in [0.25, 0.3) is 42.1 Å². The zero-order valence-electron chi connectivity index (χ0n) is 24.1. The number of benzene rings is 5. The topological polar surface area (TPSA) is 45.8 Å². The van der Waals surface area contributed by atoms with Gasteiger partial charge in [0.2, 0.25) is 0 Å². The van der Waals surface area contributed by atoms with Crippen LogP contribution in [-0.4, -0.2) is 23.8 Å². The average Bonchev–Trinajstić information content (AvgIpc) is 3.54. The lowest BCUT2D eigenvalue weighted by Gasteiger charge is -2.37. The SMILES string of the molecule is CC(C)(O)C(C)(C)O[B]c1ccc(N(c2ccc3c(c2)oc2ccccc23)c2ccc3sc4ccccc4c3c2)cc1. The summed E-state index contributed by atoms with van der Waals surface area (Å²) in [6, 6.07) is 38.2. The van der Waals surface area contributed by atoms with Gasteiger partial charge in [0.15, 0.2) is 0 Å². The van der Waals surface area contributed by atoms with Gasteiger partial charge in [0.25, 0.3) is 0 Å². The first-order valence-electron chi connectivity index (χ1n) is 14.1. The molecule has 0 bridgehead atoms. The number of hydrogen-bond acceptors (Lipinski definition) is 5. The quantitative estimate of drug-likeness (QED) is 0.195. The van der Waals surface area contributed by atoms with Gasteiger partial charge in [-0.1, -0.05) is 54.0 Å². The van der Waals surface area contributed by atoms with Crippen molar-refractivity contribution in [3.8, 4) is 0 Å². The van der Waals surface area contributed by atoms with E-state index in [1.807, 2.05) is 55.5 Å². The van der Waals surface area contributed by atoms with E-state index in [-0.39, 0.29) is 0 Å². The van der Waals surface area contributed by atoms with Gasteiger partial charge in [0.1, 0.15) is 11.2 Å². The van der Waals surface area contributed by atoms with Crippen LogP contribution in [0, 0.1) is 0 Å². The van der Waals surface area contributed by atoms with Gasteiger partial charge in [-0.2, -0.15) is 0 Å². The Bertz CT molecular complexity index is 2070. The molecule has 207 valence electrons. The van der Waals surface area contributed by atoms with Gasteiger partial charge < -0.3 is 19.1 Å². The first kappa shape index (κ1) is 26.8. The lowest BCUT2D eigenvalue weighted by Crippen LogP contribution is -2.49. The maximum absolute atomic E-state index is 10.5. The van der Waals surface area contributed by atoms with Crippen molar-refractivity contribution < 1.29 is 14.2 Å². The molecule has 0 unspecified atom stereocenters. The largest absolute Gasteiger partial charge is 0.456 e. The Labute approximate surface area is 250 Å². The van der Waals surface area contributed by atoms with Gasteiger partial charge in [-0.05, 0) is 82.3 Å². The van der Waals surface area contributed by atoms with Gasteiger partial charge in [-0.15, -0.1) is 11.3 Å². The summed E-state index contributed by atoms with van der Waals surface area (Å²) in [6.45, 7) is 7.29. The fourth-order valence-electron chi connectivity index (χ4n) is 5.22. The fourth-order valence-corrected chi connectivity index (χ4v) is 6.30. The smallest absolute Gasteiger partial charge is 0.330 e. The van der Waals surface area contributed by atoms with E-state index in [0.717, 1.165) is 44.5 Å². The molecule has 1 N–H and O–H groups in total. The Morgan fingerprint density at radius 2 is 1.26 bits per heavy atom. The molecule has 0 aliphatic carbocycles. The maximum atomic E-state index is 10.5. The summed E-state index contributed by atoms with van der Waals surface area (Å²) >= 11 is 1.82. The molecule has 7 rings (SSSR count). The van der Waals surface area contributed by atoms with Crippen molar-refractivity contribution in [2.45, 2.75) is 38.9 Å². The molecule has 7 aromatic rings. The number of aliphatic hydroxyl groups is 1. The van der Waals surface area contributed by atoms with Crippen molar-refractivity contribution in [1.82, 2.24) is 0 Å². The second kappa shape index (κ2) is 10.0. The van der Waals surface area contributed by atoms with E-state index in [1.54, 1.807) is 21.3 Å². The van der Waals surface area contributed by atoms with Crippen molar-refractivity contribution in [2.24, 2.45) is 0 Å². The van der Waals surface area contributed by atoms with Crippen LogP contribution in [0.4, 0.5) is 17.1 Å².